The molecule has 4 N–H and O–H groups in total. The van der Waals surface area contributed by atoms with E-state index in [2.05, 4.69) is 0 Å². The van der Waals surface area contributed by atoms with Crippen molar-refractivity contribution >= 4 is 20.2 Å². The molecule has 2 atom stereocenters. The van der Waals surface area contributed by atoms with Crippen molar-refractivity contribution in [3.05, 3.63) is 23.1 Å². The molecule has 0 heterocycles. The van der Waals surface area contributed by atoms with Gasteiger partial charge in [-0.2, -0.15) is 16.8 Å². The Balaban J connectivity index is 3.28. The molecule has 0 saturated heterocycles. The number of rotatable bonds is 2. The average Bonchev–Trinajstić information content (AvgIpc) is 2.05. The molecule has 0 spiro atoms. The number of allylic oxidation sites excluding steroid dienone is 1. The maximum atomic E-state index is 10.7. The Morgan fingerprint density at radius 2 is 1.69 bits per heavy atom. The highest BCUT2D eigenvalue weighted by atomic mass is 32.2. The van der Waals surface area contributed by atoms with Crippen molar-refractivity contribution in [3.8, 4) is 0 Å². The molecule has 0 aromatic carbocycles. The predicted octanol–water partition coefficient (Wildman–Crippen LogP) is -1.73. The van der Waals surface area contributed by atoms with Crippen LogP contribution in [0.15, 0.2) is 23.1 Å². The number of hydrogen-bond donors (Lipinski definition) is 4. The van der Waals surface area contributed by atoms with Crippen LogP contribution in [-0.4, -0.2) is 47.2 Å². The summed E-state index contributed by atoms with van der Waals surface area (Å²) < 4.78 is 59.9. The van der Waals surface area contributed by atoms with Crippen LogP contribution >= 0.6 is 0 Å². The van der Waals surface area contributed by atoms with Crippen LogP contribution in [0.25, 0.3) is 0 Å². The van der Waals surface area contributed by atoms with Crippen molar-refractivity contribution in [1.29, 1.82) is 0 Å². The third-order valence-electron chi connectivity index (χ3n) is 1.94. The van der Waals surface area contributed by atoms with Crippen LogP contribution < -0.4 is 0 Å². The zero-order valence-electron chi connectivity index (χ0n) is 7.55. The third kappa shape index (κ3) is 2.16. The van der Waals surface area contributed by atoms with Gasteiger partial charge in [0.15, 0.2) is 0 Å². The SMILES string of the molecule is O=S(=O)(O)C1=CC(O)C(O)(S(=O)(=O)O)C=C1. The summed E-state index contributed by atoms with van der Waals surface area (Å²) in [4.78, 5) is -3.81. The van der Waals surface area contributed by atoms with Gasteiger partial charge in [0.2, 0.25) is 4.93 Å². The highest BCUT2D eigenvalue weighted by Gasteiger charge is 2.47. The Bertz CT molecular complexity index is 553. The highest BCUT2D eigenvalue weighted by Crippen LogP contribution is 2.27. The second kappa shape index (κ2) is 3.61. The van der Waals surface area contributed by atoms with Gasteiger partial charge < -0.3 is 10.2 Å². The molecule has 0 amide bonds. The standard InChI is InChI=1S/C6H8O8S2/c7-5-3-4(15(9,10)11)1-2-6(5,8)16(12,13)14/h1-3,5,7-8H,(H,9,10,11)(H,12,13,14). The quantitative estimate of drug-likeness (QED) is 0.433. The first kappa shape index (κ1) is 13.3. The molecular formula is C6H8O8S2. The monoisotopic (exact) mass is 272 g/mol. The first-order valence-corrected chi connectivity index (χ1v) is 6.62. The highest BCUT2D eigenvalue weighted by molar-refractivity contribution is 7.90. The largest absolute Gasteiger partial charge is 0.384 e. The van der Waals surface area contributed by atoms with Crippen molar-refractivity contribution in [1.82, 2.24) is 0 Å². The first-order chi connectivity index (χ1) is 6.98. The zero-order valence-corrected chi connectivity index (χ0v) is 9.18. The average molecular weight is 272 g/mol. The van der Waals surface area contributed by atoms with E-state index in [1.165, 1.54) is 0 Å². The number of hydrogen-bond acceptors (Lipinski definition) is 6. The molecule has 2 unspecified atom stereocenters. The van der Waals surface area contributed by atoms with Crippen LogP contribution in [-0.2, 0) is 20.2 Å². The van der Waals surface area contributed by atoms with E-state index in [9.17, 15) is 27.0 Å². The van der Waals surface area contributed by atoms with Crippen LogP contribution in [0.4, 0.5) is 0 Å². The van der Waals surface area contributed by atoms with Gasteiger partial charge in [0.1, 0.15) is 6.10 Å². The van der Waals surface area contributed by atoms with Crippen molar-refractivity contribution in [2.75, 3.05) is 0 Å². The van der Waals surface area contributed by atoms with Gasteiger partial charge in [0.05, 0.1) is 4.91 Å². The summed E-state index contributed by atoms with van der Waals surface area (Å²) >= 11 is 0. The lowest BCUT2D eigenvalue weighted by atomic mass is 10.1. The molecular weight excluding hydrogens is 264 g/mol. The molecule has 8 nitrogen and oxygen atoms in total. The number of aliphatic hydroxyl groups excluding tert-OH is 1. The van der Waals surface area contributed by atoms with E-state index in [0.29, 0.717) is 18.2 Å². The van der Waals surface area contributed by atoms with E-state index >= 15 is 0 Å². The van der Waals surface area contributed by atoms with E-state index in [4.69, 9.17) is 9.11 Å². The van der Waals surface area contributed by atoms with E-state index in [1.54, 1.807) is 0 Å². The molecule has 0 aliphatic heterocycles. The third-order valence-corrected chi connectivity index (χ3v) is 4.02. The van der Waals surface area contributed by atoms with E-state index in [-0.39, 0.29) is 0 Å². The smallest absolute Gasteiger partial charge is 0.301 e. The molecule has 0 saturated carbocycles. The predicted molar refractivity (Wildman–Crippen MR) is 51.3 cm³/mol. The first-order valence-electron chi connectivity index (χ1n) is 3.74. The fourth-order valence-electron chi connectivity index (χ4n) is 1.04. The lowest BCUT2D eigenvalue weighted by molar-refractivity contribution is 0.0394. The minimum Gasteiger partial charge on any atom is -0.384 e. The van der Waals surface area contributed by atoms with Gasteiger partial charge >= 0.3 is 10.1 Å². The van der Waals surface area contributed by atoms with Crippen molar-refractivity contribution in [2.45, 2.75) is 11.0 Å². The maximum Gasteiger partial charge on any atom is 0.301 e. The fraction of sp³-hybridized carbons (Fsp3) is 0.333. The molecule has 0 aromatic rings. The molecule has 16 heavy (non-hydrogen) atoms. The van der Waals surface area contributed by atoms with E-state index < -0.39 is 36.2 Å². The van der Waals surface area contributed by atoms with Gasteiger partial charge in [-0.1, -0.05) is 0 Å². The van der Waals surface area contributed by atoms with E-state index in [0.717, 1.165) is 0 Å². The molecule has 0 radical (unpaired) electrons. The van der Waals surface area contributed by atoms with Crippen LogP contribution in [0, 0.1) is 0 Å². The van der Waals surface area contributed by atoms with Crippen LogP contribution in [0.3, 0.4) is 0 Å². The van der Waals surface area contributed by atoms with Crippen molar-refractivity contribution < 1.29 is 36.2 Å². The molecule has 1 aliphatic rings. The summed E-state index contributed by atoms with van der Waals surface area (Å²) in [5, 5.41) is 18.6. The second-order valence-electron chi connectivity index (χ2n) is 3.05. The van der Waals surface area contributed by atoms with Gasteiger partial charge in [-0.3, -0.25) is 9.11 Å². The molecule has 1 aliphatic carbocycles. The Kier molecular flexibility index (Phi) is 3.00. The Morgan fingerprint density at radius 3 is 2.00 bits per heavy atom. The molecule has 10 heteroatoms. The molecule has 0 fully saturated rings. The topological polar surface area (TPSA) is 149 Å². The van der Waals surface area contributed by atoms with E-state index in [1.807, 2.05) is 0 Å². The van der Waals surface area contributed by atoms with Crippen molar-refractivity contribution in [2.24, 2.45) is 0 Å². The fourth-order valence-corrected chi connectivity index (χ4v) is 2.20. The molecule has 0 aromatic heterocycles. The summed E-state index contributed by atoms with van der Waals surface area (Å²) in [7, 11) is -9.67. The summed E-state index contributed by atoms with van der Waals surface area (Å²) in [6, 6.07) is 0. The summed E-state index contributed by atoms with van der Waals surface area (Å²) in [6.45, 7) is 0. The molecule has 1 rings (SSSR count). The summed E-state index contributed by atoms with van der Waals surface area (Å²) in [6.07, 6.45) is -0.917. The lowest BCUT2D eigenvalue weighted by Crippen LogP contribution is -2.48. The second-order valence-corrected chi connectivity index (χ2v) is 6.07. The van der Waals surface area contributed by atoms with Crippen molar-refractivity contribution in [3.63, 3.8) is 0 Å². The Hall–Kier alpha value is -0.780. The Morgan fingerprint density at radius 1 is 1.19 bits per heavy atom. The maximum absolute atomic E-state index is 10.7. The van der Waals surface area contributed by atoms with Gasteiger partial charge in [0.25, 0.3) is 10.1 Å². The summed E-state index contributed by atoms with van der Waals surface area (Å²) in [5.74, 6) is 0. The van der Waals surface area contributed by atoms with Gasteiger partial charge in [0, 0.05) is 0 Å². The minimum atomic E-state index is -5.05. The van der Waals surface area contributed by atoms with Crippen LogP contribution in [0.5, 0.6) is 0 Å². The van der Waals surface area contributed by atoms with Gasteiger partial charge in [-0.25, -0.2) is 0 Å². The number of aliphatic hydroxyl groups is 2. The zero-order chi connectivity index (χ0) is 12.8. The Labute approximate surface area is 91.0 Å². The molecule has 92 valence electrons. The van der Waals surface area contributed by atoms with Crippen LogP contribution in [0.2, 0.25) is 0 Å². The minimum absolute atomic E-state index is 0.357. The van der Waals surface area contributed by atoms with Crippen LogP contribution in [0.1, 0.15) is 0 Å². The van der Waals surface area contributed by atoms with Gasteiger partial charge in [-0.05, 0) is 18.2 Å². The summed E-state index contributed by atoms with van der Waals surface area (Å²) in [5.41, 5.74) is 0. The van der Waals surface area contributed by atoms with Gasteiger partial charge in [-0.15, -0.1) is 0 Å². The lowest BCUT2D eigenvalue weighted by Gasteiger charge is -2.27. The normalized spacial score (nSPS) is 31.2. The molecule has 0 bridgehead atoms.